The van der Waals surface area contributed by atoms with Gasteiger partial charge in [-0.2, -0.15) is 0 Å². The lowest BCUT2D eigenvalue weighted by Crippen LogP contribution is -2.54. The van der Waals surface area contributed by atoms with Crippen molar-refractivity contribution in [2.45, 2.75) is 70.9 Å². The summed E-state index contributed by atoms with van der Waals surface area (Å²) in [6, 6.07) is 6.72. The fraction of sp³-hybridized carbons (Fsp3) is 0.640. The molecule has 0 radical (unpaired) electrons. The Bertz CT molecular complexity index is 888. The molecule has 1 aliphatic heterocycles. The van der Waals surface area contributed by atoms with Gasteiger partial charge in [-0.1, -0.05) is 25.0 Å². The number of Topliss-reactive ketones (excluding diaryl/α,β-unsaturated/α-hetero) is 1. The number of nitrogens with one attached hydrogen (secondary N) is 1. The van der Waals surface area contributed by atoms with Crippen LogP contribution in [0.5, 0.6) is 0 Å². The second-order valence-electron chi connectivity index (χ2n) is 9.58. The van der Waals surface area contributed by atoms with Crippen molar-refractivity contribution in [3.05, 3.63) is 30.1 Å². The highest BCUT2D eigenvalue weighted by Crippen LogP contribution is 2.34. The van der Waals surface area contributed by atoms with Gasteiger partial charge < -0.3 is 10.4 Å². The molecule has 4 rings (SSSR count). The molecule has 2 aliphatic rings. The number of aromatic nitrogens is 2. The number of aryl methyl sites for hydroxylation is 1. The third-order valence-corrected chi connectivity index (χ3v) is 7.13. The average molecular weight is 425 g/mol. The normalized spacial score (nSPS) is 23.5. The van der Waals surface area contributed by atoms with Crippen molar-refractivity contribution in [3.63, 3.8) is 0 Å². The number of likely N-dealkylation sites (tertiary alicyclic amines) is 1. The molecule has 1 saturated carbocycles. The average Bonchev–Trinajstić information content (AvgIpc) is 2.75. The van der Waals surface area contributed by atoms with E-state index in [1.54, 1.807) is 6.33 Å². The highest BCUT2D eigenvalue weighted by molar-refractivity contribution is 5.91. The fourth-order valence-corrected chi connectivity index (χ4v) is 5.31. The standard InChI is InChI=1S/C25H36N4O2/c1-3-4-24(31)19-6-8-20(9-7-19)29-14-18(15-29)12-21(30)13-26-25-22-11-17(2)5-10-23(22)27-16-28-25/h5,10-11,16,18-20,24,31H,3-4,6-9,12-15H2,1-2H3,(H,26,27,28). The Labute approximate surface area is 185 Å². The van der Waals surface area contributed by atoms with Crippen LogP contribution in [-0.4, -0.2) is 57.5 Å². The van der Waals surface area contributed by atoms with Gasteiger partial charge in [0.15, 0.2) is 5.78 Å². The van der Waals surface area contributed by atoms with Gasteiger partial charge in [-0.15, -0.1) is 0 Å². The Hall–Kier alpha value is -2.05. The lowest BCUT2D eigenvalue weighted by Gasteiger charge is -2.47. The summed E-state index contributed by atoms with van der Waals surface area (Å²) < 4.78 is 0. The molecule has 0 bridgehead atoms. The largest absolute Gasteiger partial charge is 0.393 e. The summed E-state index contributed by atoms with van der Waals surface area (Å²) in [5.41, 5.74) is 2.04. The van der Waals surface area contributed by atoms with E-state index in [-0.39, 0.29) is 11.9 Å². The predicted octanol–water partition coefficient (Wildman–Crippen LogP) is 3.96. The van der Waals surface area contributed by atoms with Gasteiger partial charge in [0, 0.05) is 30.9 Å². The van der Waals surface area contributed by atoms with Crippen LogP contribution in [0.15, 0.2) is 24.5 Å². The van der Waals surface area contributed by atoms with Gasteiger partial charge in [-0.05, 0) is 63.0 Å². The molecule has 31 heavy (non-hydrogen) atoms. The third-order valence-electron chi connectivity index (χ3n) is 7.13. The van der Waals surface area contributed by atoms with Crippen LogP contribution in [0.1, 0.15) is 57.4 Å². The maximum absolute atomic E-state index is 12.5. The maximum atomic E-state index is 12.5. The number of benzene rings is 1. The number of hydrogen-bond acceptors (Lipinski definition) is 6. The quantitative estimate of drug-likeness (QED) is 0.634. The molecule has 0 spiro atoms. The highest BCUT2D eigenvalue weighted by Gasteiger charge is 2.36. The molecule has 0 amide bonds. The number of fused-ring (bicyclic) bond motifs is 1. The van der Waals surface area contributed by atoms with Crippen molar-refractivity contribution < 1.29 is 9.90 Å². The second-order valence-corrected chi connectivity index (χ2v) is 9.58. The second kappa shape index (κ2) is 10.0. The number of ketones is 1. The fourth-order valence-electron chi connectivity index (χ4n) is 5.31. The molecular formula is C25H36N4O2. The van der Waals surface area contributed by atoms with Crippen molar-refractivity contribution >= 4 is 22.5 Å². The third kappa shape index (κ3) is 5.42. The molecule has 1 aromatic carbocycles. The highest BCUT2D eigenvalue weighted by atomic mass is 16.3. The van der Waals surface area contributed by atoms with Gasteiger partial charge in [-0.3, -0.25) is 9.69 Å². The molecule has 1 atom stereocenters. The molecule has 2 aromatic rings. The molecule has 2 N–H and O–H groups in total. The number of hydrogen-bond donors (Lipinski definition) is 2. The molecule has 2 heterocycles. The van der Waals surface area contributed by atoms with Crippen molar-refractivity contribution in [1.82, 2.24) is 14.9 Å². The number of aliphatic hydroxyl groups is 1. The molecule has 6 heteroatoms. The number of anilines is 1. The van der Waals surface area contributed by atoms with E-state index < -0.39 is 0 Å². The first-order chi connectivity index (χ1) is 15.0. The lowest BCUT2D eigenvalue weighted by molar-refractivity contribution is -0.120. The monoisotopic (exact) mass is 424 g/mol. The van der Waals surface area contributed by atoms with Crippen molar-refractivity contribution in [3.8, 4) is 0 Å². The van der Waals surface area contributed by atoms with E-state index >= 15 is 0 Å². The van der Waals surface area contributed by atoms with Crippen LogP contribution < -0.4 is 5.32 Å². The van der Waals surface area contributed by atoms with Gasteiger partial charge in [0.1, 0.15) is 12.1 Å². The smallest absolute Gasteiger partial charge is 0.152 e. The van der Waals surface area contributed by atoms with E-state index in [1.807, 2.05) is 19.1 Å². The van der Waals surface area contributed by atoms with Crippen molar-refractivity contribution in [2.75, 3.05) is 25.0 Å². The van der Waals surface area contributed by atoms with E-state index in [9.17, 15) is 9.90 Å². The molecule has 1 unspecified atom stereocenters. The summed E-state index contributed by atoms with van der Waals surface area (Å²) in [5, 5.41) is 14.4. The number of rotatable bonds is 9. The van der Waals surface area contributed by atoms with Crippen LogP contribution in [0.3, 0.4) is 0 Å². The minimum atomic E-state index is -0.115. The minimum Gasteiger partial charge on any atom is -0.393 e. The Morgan fingerprint density at radius 3 is 2.74 bits per heavy atom. The van der Waals surface area contributed by atoms with Crippen LogP contribution in [0, 0.1) is 18.8 Å². The van der Waals surface area contributed by atoms with E-state index in [1.165, 1.54) is 12.8 Å². The summed E-state index contributed by atoms with van der Waals surface area (Å²) in [6.07, 6.45) is 8.72. The molecular weight excluding hydrogens is 388 g/mol. The molecule has 1 aromatic heterocycles. The molecule has 168 valence electrons. The first-order valence-corrected chi connectivity index (χ1v) is 11.9. The molecule has 2 fully saturated rings. The van der Waals surface area contributed by atoms with E-state index in [0.29, 0.717) is 30.8 Å². The Morgan fingerprint density at radius 1 is 1.23 bits per heavy atom. The van der Waals surface area contributed by atoms with Gasteiger partial charge in [0.2, 0.25) is 0 Å². The van der Waals surface area contributed by atoms with Gasteiger partial charge >= 0.3 is 0 Å². The number of carbonyl (C=O) groups is 1. The van der Waals surface area contributed by atoms with Gasteiger partial charge in [-0.25, -0.2) is 9.97 Å². The molecule has 1 aliphatic carbocycles. The number of nitrogens with zero attached hydrogens (tertiary/aromatic N) is 3. The summed E-state index contributed by atoms with van der Waals surface area (Å²) in [5.74, 6) is 1.94. The maximum Gasteiger partial charge on any atom is 0.152 e. The molecule has 1 saturated heterocycles. The predicted molar refractivity (Wildman–Crippen MR) is 124 cm³/mol. The summed E-state index contributed by atoms with van der Waals surface area (Å²) in [7, 11) is 0. The zero-order valence-corrected chi connectivity index (χ0v) is 18.9. The van der Waals surface area contributed by atoms with Crippen LogP contribution in [0.25, 0.3) is 10.9 Å². The van der Waals surface area contributed by atoms with Crippen molar-refractivity contribution in [2.24, 2.45) is 11.8 Å². The lowest BCUT2D eigenvalue weighted by atomic mass is 9.79. The van der Waals surface area contributed by atoms with Crippen LogP contribution >= 0.6 is 0 Å². The minimum absolute atomic E-state index is 0.115. The Balaban J connectivity index is 1.19. The van der Waals surface area contributed by atoms with E-state index in [2.05, 4.69) is 33.2 Å². The first-order valence-electron chi connectivity index (χ1n) is 11.9. The summed E-state index contributed by atoms with van der Waals surface area (Å²) in [6.45, 7) is 6.57. The zero-order chi connectivity index (χ0) is 21.8. The van der Waals surface area contributed by atoms with Crippen LogP contribution in [-0.2, 0) is 4.79 Å². The van der Waals surface area contributed by atoms with E-state index in [0.717, 1.165) is 61.1 Å². The summed E-state index contributed by atoms with van der Waals surface area (Å²) in [4.78, 5) is 23.7. The van der Waals surface area contributed by atoms with Gasteiger partial charge in [0.25, 0.3) is 0 Å². The number of carbonyl (C=O) groups excluding carboxylic acids is 1. The molecule has 6 nitrogen and oxygen atoms in total. The van der Waals surface area contributed by atoms with Crippen LogP contribution in [0.2, 0.25) is 0 Å². The first kappa shape index (κ1) is 22.2. The Kier molecular flexibility index (Phi) is 7.18. The topological polar surface area (TPSA) is 78.4 Å². The SMILES string of the molecule is CCCC(O)C1CCC(N2CC(CC(=O)CNc3ncnc4ccc(C)cc34)C2)CC1. The Morgan fingerprint density at radius 2 is 2.00 bits per heavy atom. The van der Waals surface area contributed by atoms with E-state index in [4.69, 9.17) is 0 Å². The van der Waals surface area contributed by atoms with Gasteiger partial charge in [0.05, 0.1) is 18.2 Å². The van der Waals surface area contributed by atoms with Crippen LogP contribution in [0.4, 0.5) is 5.82 Å². The van der Waals surface area contributed by atoms with Crippen molar-refractivity contribution in [1.29, 1.82) is 0 Å². The number of aliphatic hydroxyl groups excluding tert-OH is 1. The summed E-state index contributed by atoms with van der Waals surface area (Å²) >= 11 is 0. The zero-order valence-electron chi connectivity index (χ0n) is 18.9.